The van der Waals surface area contributed by atoms with E-state index in [1.54, 1.807) is 16.8 Å². The molecule has 2 heterocycles. The monoisotopic (exact) mass is 437 g/mol. The van der Waals surface area contributed by atoms with Gasteiger partial charge >= 0.3 is 0 Å². The molecule has 33 heavy (non-hydrogen) atoms. The number of para-hydroxylation sites is 1. The minimum atomic E-state index is -0.329. The van der Waals surface area contributed by atoms with Gasteiger partial charge in [-0.1, -0.05) is 78.4 Å². The fourth-order valence-corrected chi connectivity index (χ4v) is 3.66. The van der Waals surface area contributed by atoms with E-state index in [4.69, 9.17) is 4.74 Å². The van der Waals surface area contributed by atoms with Gasteiger partial charge in [-0.2, -0.15) is 4.98 Å². The maximum Gasteiger partial charge on any atom is 0.264 e. The normalized spacial score (nSPS) is 14.6. The van der Waals surface area contributed by atoms with E-state index in [0.29, 0.717) is 11.7 Å². The fraction of sp³-hybridized carbons (Fsp3) is 0.115. The van der Waals surface area contributed by atoms with Crippen molar-refractivity contribution < 1.29 is 9.53 Å². The Hall–Kier alpha value is -4.39. The zero-order chi connectivity index (χ0) is 22.6. The highest BCUT2D eigenvalue weighted by Crippen LogP contribution is 2.33. The highest BCUT2D eigenvalue weighted by Gasteiger charge is 2.25. The topological polar surface area (TPSA) is 81.1 Å². The van der Waals surface area contributed by atoms with Gasteiger partial charge in [-0.15, -0.1) is 5.10 Å². The SMILES string of the molecule is Cc1ccc([C@H]2C=C(c3ccccc3)Nc3nc(NC(=O)COc4ccccc4)nn32)cc1. The number of benzene rings is 3. The first-order valence-electron chi connectivity index (χ1n) is 10.7. The molecule has 0 unspecified atom stereocenters. The standard InChI is InChI=1S/C26H23N5O2/c1-18-12-14-20(15-13-18)23-16-22(19-8-4-2-5-9-19)27-26-29-25(30-31(23)26)28-24(32)17-33-21-10-6-3-7-11-21/h2-16,23H,17H2,1H3,(H2,27,28,29,30,32)/t23-/m1/s1. The largest absolute Gasteiger partial charge is 0.484 e. The van der Waals surface area contributed by atoms with Gasteiger partial charge in [-0.05, 0) is 36.3 Å². The summed E-state index contributed by atoms with van der Waals surface area (Å²) in [5, 5.41) is 10.6. The van der Waals surface area contributed by atoms with Crippen molar-refractivity contribution in [1.29, 1.82) is 0 Å². The van der Waals surface area contributed by atoms with E-state index in [2.05, 4.69) is 58.0 Å². The van der Waals surface area contributed by atoms with Crippen molar-refractivity contribution >= 4 is 23.5 Å². The molecule has 1 aliphatic rings. The van der Waals surface area contributed by atoms with Crippen molar-refractivity contribution in [2.45, 2.75) is 13.0 Å². The van der Waals surface area contributed by atoms with Crippen molar-refractivity contribution in [1.82, 2.24) is 14.8 Å². The van der Waals surface area contributed by atoms with Crippen LogP contribution in [0.1, 0.15) is 22.7 Å². The molecule has 3 aromatic carbocycles. The molecule has 1 atom stereocenters. The molecule has 0 saturated carbocycles. The number of ether oxygens (including phenoxy) is 1. The molecule has 0 bridgehead atoms. The molecule has 0 aliphatic carbocycles. The van der Waals surface area contributed by atoms with Crippen LogP contribution in [-0.4, -0.2) is 27.3 Å². The summed E-state index contributed by atoms with van der Waals surface area (Å²) in [6, 6.07) is 27.4. The van der Waals surface area contributed by atoms with Gasteiger partial charge in [0, 0.05) is 5.70 Å². The maximum absolute atomic E-state index is 12.4. The minimum absolute atomic E-state index is 0.129. The smallest absolute Gasteiger partial charge is 0.264 e. The molecule has 5 rings (SSSR count). The average Bonchev–Trinajstić information content (AvgIpc) is 3.26. The third kappa shape index (κ3) is 4.62. The number of allylic oxidation sites excluding steroid dienone is 1. The Labute approximate surface area is 191 Å². The van der Waals surface area contributed by atoms with Crippen LogP contribution < -0.4 is 15.4 Å². The van der Waals surface area contributed by atoms with Gasteiger partial charge in [0.2, 0.25) is 5.95 Å². The Morgan fingerprint density at radius 3 is 2.42 bits per heavy atom. The highest BCUT2D eigenvalue weighted by molar-refractivity contribution is 5.90. The van der Waals surface area contributed by atoms with Crippen molar-refractivity contribution in [2.24, 2.45) is 0 Å². The van der Waals surface area contributed by atoms with Crippen molar-refractivity contribution in [3.63, 3.8) is 0 Å². The summed E-state index contributed by atoms with van der Waals surface area (Å²) in [4.78, 5) is 16.9. The summed E-state index contributed by atoms with van der Waals surface area (Å²) in [6.45, 7) is 1.93. The number of hydrogen-bond acceptors (Lipinski definition) is 5. The number of hydrogen-bond donors (Lipinski definition) is 2. The van der Waals surface area contributed by atoms with Crippen molar-refractivity contribution in [2.75, 3.05) is 17.2 Å². The number of carbonyl (C=O) groups is 1. The van der Waals surface area contributed by atoms with Crippen LogP contribution in [0, 0.1) is 6.92 Å². The number of aryl methyl sites for hydroxylation is 1. The third-order valence-electron chi connectivity index (χ3n) is 5.33. The van der Waals surface area contributed by atoms with Gasteiger partial charge in [0.05, 0.1) is 0 Å². The van der Waals surface area contributed by atoms with Crippen LogP contribution in [0.25, 0.3) is 5.70 Å². The van der Waals surface area contributed by atoms with Crippen molar-refractivity contribution in [3.8, 4) is 5.75 Å². The Bertz CT molecular complexity index is 1280. The molecule has 7 nitrogen and oxygen atoms in total. The Kier molecular flexibility index (Phi) is 5.59. The predicted molar refractivity (Wildman–Crippen MR) is 128 cm³/mol. The molecule has 0 spiro atoms. The summed E-state index contributed by atoms with van der Waals surface area (Å²) in [7, 11) is 0. The first-order valence-corrected chi connectivity index (χ1v) is 10.7. The zero-order valence-corrected chi connectivity index (χ0v) is 18.1. The molecule has 0 fully saturated rings. The number of rotatable bonds is 6. The first-order chi connectivity index (χ1) is 16.2. The van der Waals surface area contributed by atoms with Crippen LogP contribution in [0.4, 0.5) is 11.9 Å². The summed E-state index contributed by atoms with van der Waals surface area (Å²) in [5.74, 6) is 1.08. The summed E-state index contributed by atoms with van der Waals surface area (Å²) < 4.78 is 7.30. The number of nitrogens with zero attached hydrogens (tertiary/aromatic N) is 3. The number of amides is 1. The first kappa shape index (κ1) is 20.5. The molecule has 4 aromatic rings. The number of aromatic nitrogens is 3. The minimum Gasteiger partial charge on any atom is -0.484 e. The van der Waals surface area contributed by atoms with Crippen LogP contribution >= 0.6 is 0 Å². The lowest BCUT2D eigenvalue weighted by molar-refractivity contribution is -0.118. The van der Waals surface area contributed by atoms with E-state index in [0.717, 1.165) is 16.8 Å². The molecule has 164 valence electrons. The van der Waals surface area contributed by atoms with Gasteiger partial charge in [-0.3, -0.25) is 10.1 Å². The number of fused-ring (bicyclic) bond motifs is 1. The van der Waals surface area contributed by atoms with E-state index < -0.39 is 0 Å². The second-order valence-corrected chi connectivity index (χ2v) is 7.78. The molecule has 1 amide bonds. The molecule has 1 aliphatic heterocycles. The third-order valence-corrected chi connectivity index (χ3v) is 5.33. The van der Waals surface area contributed by atoms with E-state index in [9.17, 15) is 4.79 Å². The van der Waals surface area contributed by atoms with Crippen LogP contribution in [0.3, 0.4) is 0 Å². The Morgan fingerprint density at radius 1 is 1.00 bits per heavy atom. The molecular weight excluding hydrogens is 414 g/mol. The van der Waals surface area contributed by atoms with Crippen LogP contribution in [0.15, 0.2) is 91.0 Å². The van der Waals surface area contributed by atoms with Crippen molar-refractivity contribution in [3.05, 3.63) is 108 Å². The fourth-order valence-electron chi connectivity index (χ4n) is 3.66. The zero-order valence-electron chi connectivity index (χ0n) is 18.1. The number of nitrogens with one attached hydrogen (secondary N) is 2. The maximum atomic E-state index is 12.4. The Morgan fingerprint density at radius 2 is 1.70 bits per heavy atom. The van der Waals surface area contributed by atoms with E-state index in [1.807, 2.05) is 48.5 Å². The molecule has 2 N–H and O–H groups in total. The summed E-state index contributed by atoms with van der Waals surface area (Å²) in [5.41, 5.74) is 4.24. The summed E-state index contributed by atoms with van der Waals surface area (Å²) in [6.07, 6.45) is 2.12. The van der Waals surface area contributed by atoms with Gasteiger partial charge in [0.15, 0.2) is 6.61 Å². The van der Waals surface area contributed by atoms with E-state index >= 15 is 0 Å². The lowest BCUT2D eigenvalue weighted by Crippen LogP contribution is -2.21. The second kappa shape index (κ2) is 9.00. The highest BCUT2D eigenvalue weighted by atomic mass is 16.5. The quantitative estimate of drug-likeness (QED) is 0.459. The van der Waals surface area contributed by atoms with Crippen LogP contribution in [0.5, 0.6) is 5.75 Å². The van der Waals surface area contributed by atoms with Crippen LogP contribution in [0.2, 0.25) is 0 Å². The molecule has 0 radical (unpaired) electrons. The van der Waals surface area contributed by atoms with Gasteiger partial charge in [0.25, 0.3) is 11.9 Å². The molecular formula is C26H23N5O2. The Balaban J connectivity index is 1.40. The van der Waals surface area contributed by atoms with E-state index in [1.165, 1.54) is 5.56 Å². The summed E-state index contributed by atoms with van der Waals surface area (Å²) >= 11 is 0. The lowest BCUT2D eigenvalue weighted by Gasteiger charge is -2.24. The van der Waals surface area contributed by atoms with E-state index in [-0.39, 0.29) is 24.5 Å². The molecule has 1 aromatic heterocycles. The van der Waals surface area contributed by atoms with Gasteiger partial charge in [-0.25, -0.2) is 4.68 Å². The molecule has 7 heteroatoms. The number of anilines is 2. The second-order valence-electron chi connectivity index (χ2n) is 7.78. The average molecular weight is 438 g/mol. The van der Waals surface area contributed by atoms with Gasteiger partial charge in [0.1, 0.15) is 11.8 Å². The van der Waals surface area contributed by atoms with Crippen LogP contribution in [-0.2, 0) is 4.79 Å². The van der Waals surface area contributed by atoms with Gasteiger partial charge < -0.3 is 10.1 Å². The molecule has 0 saturated heterocycles. The number of carbonyl (C=O) groups excluding carboxylic acids is 1. The predicted octanol–water partition coefficient (Wildman–Crippen LogP) is 4.66. The lowest BCUT2D eigenvalue weighted by atomic mass is 10.0.